The Labute approximate surface area is 129 Å². The molecule has 0 spiro atoms. The molecule has 0 aliphatic heterocycles. The van der Waals surface area contributed by atoms with E-state index in [-0.39, 0.29) is 4.90 Å². The molecule has 1 aromatic rings. The van der Waals surface area contributed by atoms with Crippen LogP contribution in [0.2, 0.25) is 0 Å². The second-order valence-corrected chi connectivity index (χ2v) is 8.26. The minimum absolute atomic E-state index is 0.128. The number of aryl methyl sites for hydroxylation is 1. The van der Waals surface area contributed by atoms with E-state index >= 15 is 0 Å². The van der Waals surface area contributed by atoms with Crippen LogP contribution in [0.25, 0.3) is 0 Å². The van der Waals surface area contributed by atoms with Crippen molar-refractivity contribution >= 4 is 20.1 Å². The molecule has 9 heteroatoms. The largest absolute Gasteiger partial charge is 0.322 e. The maximum Gasteiger partial charge on any atom is 0.290 e. The average Bonchev–Trinajstić information content (AvgIpc) is 2.40. The highest BCUT2D eigenvalue weighted by Gasteiger charge is 2.49. The van der Waals surface area contributed by atoms with E-state index in [1.54, 1.807) is 19.1 Å². The van der Waals surface area contributed by atoms with E-state index < -0.39 is 31.1 Å². The Morgan fingerprint density at radius 2 is 1.73 bits per heavy atom. The quantitative estimate of drug-likeness (QED) is 0.675. The molecule has 1 aromatic carbocycles. The maximum atomic E-state index is 12.4. The summed E-state index contributed by atoms with van der Waals surface area (Å²) >= 11 is 0. The molecule has 0 saturated heterocycles. The van der Waals surface area contributed by atoms with Gasteiger partial charge in [-0.05, 0) is 25.1 Å². The van der Waals surface area contributed by atoms with Crippen molar-refractivity contribution < 1.29 is 21.4 Å². The van der Waals surface area contributed by atoms with Gasteiger partial charge in [-0.3, -0.25) is 4.55 Å². The van der Waals surface area contributed by atoms with Crippen molar-refractivity contribution in [3.05, 3.63) is 54.1 Å². The van der Waals surface area contributed by atoms with Crippen LogP contribution in [0.3, 0.4) is 0 Å². The topological polar surface area (TPSA) is 127 Å². The van der Waals surface area contributed by atoms with E-state index in [1.807, 2.05) is 4.72 Å². The summed E-state index contributed by atoms with van der Waals surface area (Å²) in [6, 6.07) is 4.55. The van der Waals surface area contributed by atoms with E-state index in [9.17, 15) is 21.4 Å². The van der Waals surface area contributed by atoms with Crippen LogP contribution in [-0.4, -0.2) is 32.3 Å². The molecule has 0 saturated carbocycles. The molecule has 2 unspecified atom stereocenters. The number of benzene rings is 1. The molecular weight excluding hydrogens is 328 g/mol. The Bertz CT molecular complexity index is 826. The van der Waals surface area contributed by atoms with Crippen LogP contribution < -0.4 is 10.5 Å². The van der Waals surface area contributed by atoms with Gasteiger partial charge in [-0.2, -0.15) is 13.1 Å². The van der Waals surface area contributed by atoms with Gasteiger partial charge in [-0.25, -0.2) is 8.42 Å². The molecule has 1 aliphatic rings. The molecule has 2 atom stereocenters. The molecule has 1 aliphatic carbocycles. The summed E-state index contributed by atoms with van der Waals surface area (Å²) in [6.07, 6.45) is 5.06. The normalized spacial score (nSPS) is 25.3. The van der Waals surface area contributed by atoms with Crippen molar-refractivity contribution in [2.75, 3.05) is 0 Å². The lowest BCUT2D eigenvalue weighted by Crippen LogP contribution is -2.63. The van der Waals surface area contributed by atoms with Crippen molar-refractivity contribution in [2.45, 2.75) is 22.7 Å². The van der Waals surface area contributed by atoms with Gasteiger partial charge in [0.1, 0.15) is 0 Å². The first-order chi connectivity index (χ1) is 10.1. The van der Waals surface area contributed by atoms with Crippen LogP contribution in [0, 0.1) is 6.92 Å². The fraction of sp³-hybridized carbons (Fsp3) is 0.231. The Kier molecular flexibility index (Phi) is 4.28. The summed E-state index contributed by atoms with van der Waals surface area (Å²) in [7, 11) is -9.04. The summed E-state index contributed by atoms with van der Waals surface area (Å²) in [5.41, 5.74) is 6.55. The Balaban J connectivity index is 2.51. The molecule has 120 valence electrons. The van der Waals surface area contributed by atoms with Gasteiger partial charge in [-0.1, -0.05) is 35.9 Å². The van der Waals surface area contributed by atoms with Crippen LogP contribution >= 0.6 is 0 Å². The van der Waals surface area contributed by atoms with Gasteiger partial charge in [0.2, 0.25) is 10.0 Å². The van der Waals surface area contributed by atoms with Crippen LogP contribution in [0.5, 0.6) is 0 Å². The summed E-state index contributed by atoms with van der Waals surface area (Å²) in [5.74, 6) is 0. The lowest BCUT2D eigenvalue weighted by atomic mass is 10.0. The molecule has 2 rings (SSSR count). The minimum atomic E-state index is -4.84. The number of nitrogens with one attached hydrogen (secondary N) is 1. The van der Waals surface area contributed by atoms with Gasteiger partial charge in [0, 0.05) is 0 Å². The van der Waals surface area contributed by atoms with Gasteiger partial charge < -0.3 is 5.73 Å². The number of sulfonamides is 1. The molecule has 0 fully saturated rings. The third-order valence-electron chi connectivity index (χ3n) is 3.32. The monoisotopic (exact) mass is 344 g/mol. The van der Waals surface area contributed by atoms with E-state index in [0.717, 1.165) is 11.6 Å². The molecule has 7 nitrogen and oxygen atoms in total. The third-order valence-corrected chi connectivity index (χ3v) is 6.31. The molecule has 0 aromatic heterocycles. The smallest absolute Gasteiger partial charge is 0.290 e. The first kappa shape index (κ1) is 16.8. The van der Waals surface area contributed by atoms with Crippen molar-refractivity contribution in [2.24, 2.45) is 5.73 Å². The van der Waals surface area contributed by atoms with Gasteiger partial charge in [0.05, 0.1) is 10.9 Å². The fourth-order valence-electron chi connectivity index (χ4n) is 2.04. The molecule has 0 heterocycles. The van der Waals surface area contributed by atoms with Gasteiger partial charge in [0.15, 0.2) is 4.87 Å². The predicted octanol–water partition coefficient (Wildman–Crippen LogP) is 0.311. The second-order valence-electron chi connectivity index (χ2n) is 4.96. The standard InChI is InChI=1S/C13H16N2O5S2/c1-10-5-7-11(8-6-10)21(16,17)15-13(22(18,19)20)9-3-2-4-12(13)14/h2-9,12,15H,14H2,1H3,(H,18,19,20). The van der Waals surface area contributed by atoms with Crippen LogP contribution in [0.1, 0.15) is 5.56 Å². The predicted molar refractivity (Wildman–Crippen MR) is 82.0 cm³/mol. The highest BCUT2D eigenvalue weighted by Crippen LogP contribution is 2.26. The Morgan fingerprint density at radius 3 is 2.23 bits per heavy atom. The van der Waals surface area contributed by atoms with Crippen molar-refractivity contribution in [1.82, 2.24) is 4.72 Å². The summed E-state index contributed by atoms with van der Waals surface area (Å²) in [4.78, 5) is -2.47. The minimum Gasteiger partial charge on any atom is -0.322 e. The van der Waals surface area contributed by atoms with Crippen molar-refractivity contribution in [1.29, 1.82) is 0 Å². The third kappa shape index (κ3) is 2.99. The van der Waals surface area contributed by atoms with Gasteiger partial charge in [0.25, 0.3) is 10.1 Å². The van der Waals surface area contributed by atoms with Crippen LogP contribution in [0.15, 0.2) is 53.5 Å². The van der Waals surface area contributed by atoms with E-state index in [4.69, 9.17) is 5.73 Å². The molecule has 22 heavy (non-hydrogen) atoms. The Morgan fingerprint density at radius 1 is 1.14 bits per heavy atom. The summed E-state index contributed by atoms with van der Waals surface area (Å²) in [6.45, 7) is 1.79. The lowest BCUT2D eigenvalue weighted by molar-refractivity contribution is 0.418. The first-order valence-electron chi connectivity index (χ1n) is 6.28. The zero-order chi connectivity index (χ0) is 16.6. The highest BCUT2D eigenvalue weighted by atomic mass is 32.2. The van der Waals surface area contributed by atoms with E-state index in [2.05, 4.69) is 0 Å². The fourth-order valence-corrected chi connectivity index (χ4v) is 4.70. The first-order valence-corrected chi connectivity index (χ1v) is 9.20. The highest BCUT2D eigenvalue weighted by molar-refractivity contribution is 7.92. The van der Waals surface area contributed by atoms with Gasteiger partial charge in [-0.15, -0.1) is 0 Å². The zero-order valence-electron chi connectivity index (χ0n) is 11.7. The zero-order valence-corrected chi connectivity index (χ0v) is 13.3. The number of hydrogen-bond acceptors (Lipinski definition) is 5. The van der Waals surface area contributed by atoms with E-state index in [0.29, 0.717) is 0 Å². The maximum absolute atomic E-state index is 12.4. The Hall–Kier alpha value is -1.52. The second kappa shape index (κ2) is 5.60. The van der Waals surface area contributed by atoms with Crippen molar-refractivity contribution in [3.63, 3.8) is 0 Å². The van der Waals surface area contributed by atoms with E-state index in [1.165, 1.54) is 30.4 Å². The van der Waals surface area contributed by atoms with Crippen LogP contribution in [0.4, 0.5) is 0 Å². The summed E-state index contributed by atoms with van der Waals surface area (Å²) in [5, 5.41) is 0. The number of nitrogens with two attached hydrogens (primary N) is 1. The number of allylic oxidation sites excluding steroid dienone is 2. The number of rotatable bonds is 4. The number of hydrogen-bond donors (Lipinski definition) is 3. The lowest BCUT2D eigenvalue weighted by Gasteiger charge is -2.33. The average molecular weight is 344 g/mol. The van der Waals surface area contributed by atoms with Crippen molar-refractivity contribution in [3.8, 4) is 0 Å². The molecule has 4 N–H and O–H groups in total. The molecule has 0 bridgehead atoms. The molecular formula is C13H16N2O5S2. The SMILES string of the molecule is Cc1ccc(S(=O)(=O)NC2(S(=O)(=O)O)C=CC=CC2N)cc1. The molecule has 0 radical (unpaired) electrons. The molecule has 0 amide bonds. The van der Waals surface area contributed by atoms with Crippen LogP contribution in [-0.2, 0) is 20.1 Å². The summed E-state index contributed by atoms with van der Waals surface area (Å²) < 4.78 is 59.8. The van der Waals surface area contributed by atoms with Gasteiger partial charge >= 0.3 is 0 Å².